The van der Waals surface area contributed by atoms with Gasteiger partial charge >= 0.3 is 0 Å². The van der Waals surface area contributed by atoms with E-state index in [1.807, 2.05) is 0 Å². The normalized spacial score (nSPS) is 33.2. The fourth-order valence-electron chi connectivity index (χ4n) is 2.31. The second-order valence-corrected chi connectivity index (χ2v) is 4.65. The monoisotopic (exact) mass is 184 g/mol. The van der Waals surface area contributed by atoms with Gasteiger partial charge < -0.3 is 10.6 Å². The summed E-state index contributed by atoms with van der Waals surface area (Å²) in [6, 6.07) is 0.733. The van der Waals surface area contributed by atoms with Crippen LogP contribution in [0.25, 0.3) is 0 Å². The molecule has 0 aromatic rings. The summed E-state index contributed by atoms with van der Waals surface area (Å²) in [7, 11) is 0. The fourth-order valence-corrected chi connectivity index (χ4v) is 2.31. The van der Waals surface area contributed by atoms with Crippen LogP contribution in [0.3, 0.4) is 0 Å². The van der Waals surface area contributed by atoms with Gasteiger partial charge in [-0.1, -0.05) is 13.8 Å². The lowest BCUT2D eigenvalue weighted by molar-refractivity contribution is 0.0972. The van der Waals surface area contributed by atoms with Crippen LogP contribution < -0.4 is 5.73 Å². The van der Waals surface area contributed by atoms with E-state index < -0.39 is 0 Å². The Morgan fingerprint density at radius 2 is 2.15 bits per heavy atom. The van der Waals surface area contributed by atoms with Gasteiger partial charge in [-0.3, -0.25) is 0 Å². The van der Waals surface area contributed by atoms with Crippen molar-refractivity contribution in [2.75, 3.05) is 19.6 Å². The molecule has 0 aromatic carbocycles. The molecule has 0 radical (unpaired) electrons. The number of nitrogens with zero attached hydrogens (tertiary/aromatic N) is 1. The van der Waals surface area contributed by atoms with E-state index in [-0.39, 0.29) is 0 Å². The molecule has 1 aliphatic heterocycles. The van der Waals surface area contributed by atoms with Gasteiger partial charge in [0.25, 0.3) is 0 Å². The predicted molar refractivity (Wildman–Crippen MR) is 57.7 cm³/mol. The maximum Gasteiger partial charge on any atom is 0.00645 e. The maximum absolute atomic E-state index is 5.74. The van der Waals surface area contributed by atoms with E-state index in [1.54, 1.807) is 0 Å². The van der Waals surface area contributed by atoms with Gasteiger partial charge in [-0.25, -0.2) is 0 Å². The number of nitrogens with two attached hydrogens (primary N) is 1. The summed E-state index contributed by atoms with van der Waals surface area (Å²) in [5.74, 6) is 1.56. The SMILES string of the molecule is CCC(C)N1CC(C)CC(CN)C1. The third-order valence-corrected chi connectivity index (χ3v) is 3.32. The third-order valence-electron chi connectivity index (χ3n) is 3.32. The molecule has 78 valence electrons. The second-order valence-electron chi connectivity index (χ2n) is 4.65. The van der Waals surface area contributed by atoms with Crippen LogP contribution in [-0.2, 0) is 0 Å². The van der Waals surface area contributed by atoms with Gasteiger partial charge in [-0.15, -0.1) is 0 Å². The lowest BCUT2D eigenvalue weighted by atomic mass is 9.89. The van der Waals surface area contributed by atoms with Crippen LogP contribution in [0.15, 0.2) is 0 Å². The first-order valence-corrected chi connectivity index (χ1v) is 5.61. The zero-order chi connectivity index (χ0) is 9.84. The third kappa shape index (κ3) is 2.96. The van der Waals surface area contributed by atoms with E-state index in [1.165, 1.54) is 25.9 Å². The minimum atomic E-state index is 0.733. The Bertz CT molecular complexity index is 147. The quantitative estimate of drug-likeness (QED) is 0.723. The van der Waals surface area contributed by atoms with Gasteiger partial charge in [0.1, 0.15) is 0 Å². The van der Waals surface area contributed by atoms with E-state index in [2.05, 4.69) is 25.7 Å². The van der Waals surface area contributed by atoms with Crippen LogP contribution in [0, 0.1) is 11.8 Å². The Hall–Kier alpha value is -0.0800. The van der Waals surface area contributed by atoms with Gasteiger partial charge in [0.15, 0.2) is 0 Å². The Kier molecular flexibility index (Phi) is 4.20. The molecule has 3 atom stereocenters. The van der Waals surface area contributed by atoms with Crippen molar-refractivity contribution in [3.05, 3.63) is 0 Å². The maximum atomic E-state index is 5.74. The van der Waals surface area contributed by atoms with Gasteiger partial charge in [-0.2, -0.15) is 0 Å². The summed E-state index contributed by atoms with van der Waals surface area (Å²) >= 11 is 0. The van der Waals surface area contributed by atoms with Crippen LogP contribution >= 0.6 is 0 Å². The zero-order valence-electron chi connectivity index (χ0n) is 9.29. The van der Waals surface area contributed by atoms with E-state index in [4.69, 9.17) is 5.73 Å². The predicted octanol–water partition coefficient (Wildman–Crippen LogP) is 1.70. The van der Waals surface area contributed by atoms with Crippen molar-refractivity contribution in [3.63, 3.8) is 0 Å². The first-order chi connectivity index (χ1) is 6.17. The van der Waals surface area contributed by atoms with Crippen molar-refractivity contribution in [2.24, 2.45) is 17.6 Å². The fraction of sp³-hybridized carbons (Fsp3) is 1.00. The molecule has 0 bridgehead atoms. The average molecular weight is 184 g/mol. The lowest BCUT2D eigenvalue weighted by Gasteiger charge is -2.39. The highest BCUT2D eigenvalue weighted by molar-refractivity contribution is 4.80. The van der Waals surface area contributed by atoms with Crippen LogP contribution in [0.2, 0.25) is 0 Å². The highest BCUT2D eigenvalue weighted by atomic mass is 15.2. The van der Waals surface area contributed by atoms with Gasteiger partial charge in [0, 0.05) is 19.1 Å². The van der Waals surface area contributed by atoms with Crippen molar-refractivity contribution in [1.29, 1.82) is 0 Å². The van der Waals surface area contributed by atoms with Crippen molar-refractivity contribution >= 4 is 0 Å². The Morgan fingerprint density at radius 3 is 2.69 bits per heavy atom. The van der Waals surface area contributed by atoms with Gasteiger partial charge in [0.05, 0.1) is 0 Å². The number of likely N-dealkylation sites (tertiary alicyclic amines) is 1. The molecule has 2 N–H and O–H groups in total. The molecule has 2 heteroatoms. The topological polar surface area (TPSA) is 29.3 Å². The summed E-state index contributed by atoms with van der Waals surface area (Å²) in [6.45, 7) is 10.3. The van der Waals surface area contributed by atoms with Gasteiger partial charge in [0.2, 0.25) is 0 Å². The highest BCUT2D eigenvalue weighted by Gasteiger charge is 2.25. The average Bonchev–Trinajstić information content (AvgIpc) is 2.15. The molecule has 0 aliphatic carbocycles. The molecule has 0 aromatic heterocycles. The first-order valence-electron chi connectivity index (χ1n) is 5.61. The number of hydrogen-bond donors (Lipinski definition) is 1. The smallest absolute Gasteiger partial charge is 0.00645 e. The molecule has 13 heavy (non-hydrogen) atoms. The highest BCUT2D eigenvalue weighted by Crippen LogP contribution is 2.22. The van der Waals surface area contributed by atoms with Crippen molar-refractivity contribution in [2.45, 2.75) is 39.7 Å². The number of hydrogen-bond acceptors (Lipinski definition) is 2. The van der Waals surface area contributed by atoms with Crippen molar-refractivity contribution in [1.82, 2.24) is 4.90 Å². The van der Waals surface area contributed by atoms with Crippen molar-refractivity contribution < 1.29 is 0 Å². The minimum Gasteiger partial charge on any atom is -0.330 e. The summed E-state index contributed by atoms with van der Waals surface area (Å²) in [5.41, 5.74) is 5.74. The molecule has 0 spiro atoms. The molecule has 1 rings (SSSR count). The molecule has 0 amide bonds. The standard InChI is InChI=1S/C11H24N2/c1-4-10(3)13-7-9(2)5-11(6-12)8-13/h9-11H,4-8,12H2,1-3H3. The molecular weight excluding hydrogens is 160 g/mol. The zero-order valence-corrected chi connectivity index (χ0v) is 9.29. The van der Waals surface area contributed by atoms with E-state index in [0.717, 1.165) is 24.4 Å². The Morgan fingerprint density at radius 1 is 1.46 bits per heavy atom. The van der Waals surface area contributed by atoms with E-state index in [9.17, 15) is 0 Å². The first kappa shape index (κ1) is 11.0. The van der Waals surface area contributed by atoms with Crippen LogP contribution in [0.5, 0.6) is 0 Å². The molecule has 2 nitrogen and oxygen atoms in total. The molecular formula is C11H24N2. The summed E-state index contributed by atoms with van der Waals surface area (Å²) < 4.78 is 0. The number of piperidine rings is 1. The second kappa shape index (κ2) is 4.97. The molecule has 0 saturated carbocycles. The van der Waals surface area contributed by atoms with Gasteiger partial charge in [-0.05, 0) is 38.1 Å². The molecule has 1 saturated heterocycles. The largest absolute Gasteiger partial charge is 0.330 e. The van der Waals surface area contributed by atoms with E-state index in [0.29, 0.717) is 0 Å². The number of rotatable bonds is 3. The van der Waals surface area contributed by atoms with Crippen molar-refractivity contribution in [3.8, 4) is 0 Å². The molecule has 1 heterocycles. The minimum absolute atomic E-state index is 0.733. The molecule has 3 unspecified atom stereocenters. The summed E-state index contributed by atoms with van der Waals surface area (Å²) in [4.78, 5) is 2.60. The van der Waals surface area contributed by atoms with E-state index >= 15 is 0 Å². The Labute approximate surface area is 82.5 Å². The van der Waals surface area contributed by atoms with Crippen LogP contribution in [-0.4, -0.2) is 30.6 Å². The molecule has 1 fully saturated rings. The Balaban J connectivity index is 2.46. The summed E-state index contributed by atoms with van der Waals surface area (Å²) in [5, 5.41) is 0. The molecule has 1 aliphatic rings. The lowest BCUT2D eigenvalue weighted by Crippen LogP contribution is -2.46. The summed E-state index contributed by atoms with van der Waals surface area (Å²) in [6.07, 6.45) is 2.58. The van der Waals surface area contributed by atoms with Crippen LogP contribution in [0.1, 0.15) is 33.6 Å². The van der Waals surface area contributed by atoms with Crippen LogP contribution in [0.4, 0.5) is 0 Å².